The fourth-order valence-electron chi connectivity index (χ4n) is 1.61. The molecule has 0 spiro atoms. The number of nitrogens with one attached hydrogen (secondary N) is 1. The van der Waals surface area contributed by atoms with E-state index in [1.807, 2.05) is 19.2 Å². The predicted octanol–water partition coefficient (Wildman–Crippen LogP) is 1.52. The summed E-state index contributed by atoms with van der Waals surface area (Å²) in [5, 5.41) is 16.3. The fourth-order valence-corrected chi connectivity index (χ4v) is 1.61. The third-order valence-electron chi connectivity index (χ3n) is 2.78. The van der Waals surface area contributed by atoms with E-state index in [1.54, 1.807) is 12.1 Å². The van der Waals surface area contributed by atoms with Gasteiger partial charge < -0.3 is 14.9 Å². The highest BCUT2D eigenvalue weighted by Gasteiger charge is 2.09. The van der Waals surface area contributed by atoms with Crippen LogP contribution in [0.4, 0.5) is 0 Å². The zero-order valence-electron chi connectivity index (χ0n) is 10.6. The Morgan fingerprint density at radius 2 is 2.06 bits per heavy atom. The van der Waals surface area contributed by atoms with Crippen LogP contribution in [0, 0.1) is 0 Å². The summed E-state index contributed by atoms with van der Waals surface area (Å²) in [5.74, 6) is 1.57. The summed E-state index contributed by atoms with van der Waals surface area (Å²) >= 11 is 0. The van der Waals surface area contributed by atoms with Gasteiger partial charge in [0.25, 0.3) is 0 Å². The molecule has 1 aromatic heterocycles. The largest absolute Gasteiger partial charge is 0.508 e. The van der Waals surface area contributed by atoms with Gasteiger partial charge in [0.2, 0.25) is 5.89 Å². The lowest BCUT2D eigenvalue weighted by Crippen LogP contribution is -2.23. The maximum absolute atomic E-state index is 9.20. The Bertz CT molecular complexity index is 493. The van der Waals surface area contributed by atoms with Crippen LogP contribution in [0.15, 0.2) is 28.8 Å². The van der Waals surface area contributed by atoms with Crippen LogP contribution in [-0.2, 0) is 12.8 Å². The van der Waals surface area contributed by atoms with E-state index in [1.165, 1.54) is 0 Å². The molecule has 0 fully saturated rings. The molecule has 0 aliphatic rings. The molecule has 2 N–H and O–H groups in total. The standard InChI is InChI=1S/C13H17N3O2/c1-9(14-2)7-13-15-12(16-18-13)8-10-3-5-11(17)6-4-10/h3-6,9,14,17H,7-8H2,1-2H3. The number of phenols is 1. The Kier molecular flexibility index (Phi) is 3.94. The lowest BCUT2D eigenvalue weighted by molar-refractivity contribution is 0.361. The zero-order valence-corrected chi connectivity index (χ0v) is 10.6. The molecule has 0 amide bonds. The molecule has 1 heterocycles. The van der Waals surface area contributed by atoms with Gasteiger partial charge in [-0.15, -0.1) is 0 Å². The van der Waals surface area contributed by atoms with E-state index < -0.39 is 0 Å². The molecule has 1 atom stereocenters. The monoisotopic (exact) mass is 247 g/mol. The molecule has 2 rings (SSSR count). The van der Waals surface area contributed by atoms with Crippen LogP contribution < -0.4 is 5.32 Å². The van der Waals surface area contributed by atoms with Gasteiger partial charge in [-0.3, -0.25) is 0 Å². The summed E-state index contributed by atoms with van der Waals surface area (Å²) in [6.45, 7) is 2.06. The molecule has 18 heavy (non-hydrogen) atoms. The first-order valence-corrected chi connectivity index (χ1v) is 5.94. The van der Waals surface area contributed by atoms with Gasteiger partial charge in [-0.2, -0.15) is 4.98 Å². The van der Waals surface area contributed by atoms with Crippen LogP contribution in [0.25, 0.3) is 0 Å². The lowest BCUT2D eigenvalue weighted by atomic mass is 10.1. The second-order valence-electron chi connectivity index (χ2n) is 4.34. The van der Waals surface area contributed by atoms with Gasteiger partial charge in [-0.05, 0) is 31.7 Å². The van der Waals surface area contributed by atoms with Crippen molar-refractivity contribution in [1.29, 1.82) is 0 Å². The number of hydrogen-bond acceptors (Lipinski definition) is 5. The molecular weight excluding hydrogens is 230 g/mol. The Morgan fingerprint density at radius 3 is 2.72 bits per heavy atom. The smallest absolute Gasteiger partial charge is 0.228 e. The first kappa shape index (κ1) is 12.6. The Hall–Kier alpha value is -1.88. The van der Waals surface area contributed by atoms with E-state index in [-0.39, 0.29) is 5.75 Å². The van der Waals surface area contributed by atoms with Gasteiger partial charge >= 0.3 is 0 Å². The molecule has 0 saturated heterocycles. The van der Waals surface area contributed by atoms with Crippen LogP contribution >= 0.6 is 0 Å². The summed E-state index contributed by atoms with van der Waals surface area (Å²) in [7, 11) is 1.90. The predicted molar refractivity (Wildman–Crippen MR) is 67.4 cm³/mol. The maximum Gasteiger partial charge on any atom is 0.228 e. The molecule has 5 heteroatoms. The third-order valence-corrected chi connectivity index (χ3v) is 2.78. The summed E-state index contributed by atoms with van der Waals surface area (Å²) in [6, 6.07) is 7.31. The van der Waals surface area contributed by atoms with Gasteiger partial charge in [-0.1, -0.05) is 17.3 Å². The molecule has 0 saturated carbocycles. The summed E-state index contributed by atoms with van der Waals surface area (Å²) < 4.78 is 5.18. The van der Waals surface area contributed by atoms with Crippen LogP contribution in [-0.4, -0.2) is 28.3 Å². The van der Waals surface area contributed by atoms with Crippen molar-refractivity contribution in [3.63, 3.8) is 0 Å². The quantitative estimate of drug-likeness (QED) is 0.838. The van der Waals surface area contributed by atoms with Gasteiger partial charge in [0.15, 0.2) is 5.82 Å². The van der Waals surface area contributed by atoms with Crippen molar-refractivity contribution < 1.29 is 9.63 Å². The molecule has 0 aliphatic heterocycles. The third kappa shape index (κ3) is 3.30. The highest BCUT2D eigenvalue weighted by Crippen LogP contribution is 2.12. The van der Waals surface area contributed by atoms with E-state index in [2.05, 4.69) is 22.4 Å². The molecule has 2 aromatic rings. The lowest BCUT2D eigenvalue weighted by Gasteiger charge is -2.04. The van der Waals surface area contributed by atoms with E-state index in [0.29, 0.717) is 24.2 Å². The Labute approximate surface area is 106 Å². The van der Waals surface area contributed by atoms with Crippen molar-refractivity contribution in [3.05, 3.63) is 41.5 Å². The number of nitrogens with zero attached hydrogens (tertiary/aromatic N) is 2. The molecule has 96 valence electrons. The van der Waals surface area contributed by atoms with Gasteiger partial charge in [0, 0.05) is 18.9 Å². The SMILES string of the molecule is CNC(C)Cc1nc(Cc2ccc(O)cc2)no1. The van der Waals surface area contributed by atoms with Crippen molar-refractivity contribution in [2.45, 2.75) is 25.8 Å². The van der Waals surface area contributed by atoms with Crippen molar-refractivity contribution >= 4 is 0 Å². The minimum Gasteiger partial charge on any atom is -0.508 e. The van der Waals surface area contributed by atoms with Gasteiger partial charge in [-0.25, -0.2) is 0 Å². The van der Waals surface area contributed by atoms with E-state index in [0.717, 1.165) is 12.0 Å². The second-order valence-corrected chi connectivity index (χ2v) is 4.34. The van der Waals surface area contributed by atoms with E-state index >= 15 is 0 Å². The van der Waals surface area contributed by atoms with E-state index in [4.69, 9.17) is 4.52 Å². The van der Waals surface area contributed by atoms with Gasteiger partial charge in [0.1, 0.15) is 5.75 Å². The summed E-state index contributed by atoms with van der Waals surface area (Å²) in [6.07, 6.45) is 1.33. The number of rotatable bonds is 5. The number of phenolic OH excluding ortho intramolecular Hbond substituents is 1. The maximum atomic E-state index is 9.20. The van der Waals surface area contributed by atoms with E-state index in [9.17, 15) is 5.11 Å². The molecule has 1 unspecified atom stereocenters. The number of aromatic hydroxyl groups is 1. The van der Waals surface area contributed by atoms with Gasteiger partial charge in [0.05, 0.1) is 0 Å². The van der Waals surface area contributed by atoms with Crippen LogP contribution in [0.2, 0.25) is 0 Å². The first-order valence-electron chi connectivity index (χ1n) is 5.94. The van der Waals surface area contributed by atoms with Crippen LogP contribution in [0.1, 0.15) is 24.2 Å². The molecule has 1 aromatic carbocycles. The fraction of sp³-hybridized carbons (Fsp3) is 0.385. The molecular formula is C13H17N3O2. The number of benzene rings is 1. The highest BCUT2D eigenvalue weighted by molar-refractivity contribution is 5.27. The molecule has 5 nitrogen and oxygen atoms in total. The van der Waals surface area contributed by atoms with Crippen molar-refractivity contribution in [1.82, 2.24) is 15.5 Å². The molecule has 0 aliphatic carbocycles. The first-order chi connectivity index (χ1) is 8.67. The Balaban J connectivity index is 2.00. The van der Waals surface area contributed by atoms with Crippen LogP contribution in [0.3, 0.4) is 0 Å². The average Bonchev–Trinajstić information content (AvgIpc) is 2.79. The Morgan fingerprint density at radius 1 is 1.33 bits per heavy atom. The summed E-state index contributed by atoms with van der Waals surface area (Å²) in [4.78, 5) is 4.34. The number of aromatic nitrogens is 2. The highest BCUT2D eigenvalue weighted by atomic mass is 16.5. The zero-order chi connectivity index (χ0) is 13.0. The number of hydrogen-bond donors (Lipinski definition) is 2. The normalized spacial score (nSPS) is 12.6. The van der Waals surface area contributed by atoms with Crippen molar-refractivity contribution in [2.24, 2.45) is 0 Å². The minimum absolute atomic E-state index is 0.260. The second kappa shape index (κ2) is 5.64. The van der Waals surface area contributed by atoms with Crippen LogP contribution in [0.5, 0.6) is 5.75 Å². The van der Waals surface area contributed by atoms with Crippen molar-refractivity contribution in [2.75, 3.05) is 7.05 Å². The summed E-state index contributed by atoms with van der Waals surface area (Å²) in [5.41, 5.74) is 1.04. The van der Waals surface area contributed by atoms with Crippen molar-refractivity contribution in [3.8, 4) is 5.75 Å². The minimum atomic E-state index is 0.260. The molecule has 0 radical (unpaired) electrons. The number of likely N-dealkylation sites (N-methyl/N-ethyl adjacent to an activating group) is 1. The average molecular weight is 247 g/mol. The molecule has 0 bridgehead atoms. The topological polar surface area (TPSA) is 71.2 Å².